The smallest absolute Gasteiger partial charge is 0.254 e. The van der Waals surface area contributed by atoms with E-state index in [-0.39, 0.29) is 23.5 Å². The van der Waals surface area contributed by atoms with Crippen LogP contribution in [0.5, 0.6) is 5.75 Å². The van der Waals surface area contributed by atoms with Gasteiger partial charge in [0.05, 0.1) is 0 Å². The molecule has 28 heavy (non-hydrogen) atoms. The van der Waals surface area contributed by atoms with Crippen molar-refractivity contribution in [2.75, 3.05) is 18.4 Å². The van der Waals surface area contributed by atoms with Crippen molar-refractivity contribution in [3.63, 3.8) is 0 Å². The second-order valence-corrected chi connectivity index (χ2v) is 7.67. The van der Waals surface area contributed by atoms with Gasteiger partial charge in [-0.15, -0.1) is 0 Å². The predicted molar refractivity (Wildman–Crippen MR) is 109 cm³/mol. The van der Waals surface area contributed by atoms with Crippen molar-refractivity contribution in [2.24, 2.45) is 11.8 Å². The van der Waals surface area contributed by atoms with Crippen molar-refractivity contribution < 1.29 is 14.7 Å². The molecule has 0 saturated heterocycles. The molecule has 2 amide bonds. The molecule has 2 atom stereocenters. The van der Waals surface area contributed by atoms with Gasteiger partial charge in [-0.25, -0.2) is 0 Å². The molecule has 1 heterocycles. The van der Waals surface area contributed by atoms with Gasteiger partial charge in [-0.1, -0.05) is 31.2 Å². The first-order valence-electron chi connectivity index (χ1n) is 9.70. The van der Waals surface area contributed by atoms with Gasteiger partial charge < -0.3 is 15.3 Å². The summed E-state index contributed by atoms with van der Waals surface area (Å²) in [6, 6.07) is 14.3. The van der Waals surface area contributed by atoms with Crippen LogP contribution in [0.25, 0.3) is 5.57 Å². The van der Waals surface area contributed by atoms with E-state index in [0.29, 0.717) is 30.3 Å². The third kappa shape index (κ3) is 3.93. The summed E-state index contributed by atoms with van der Waals surface area (Å²) in [5.74, 6) is 0.811. The summed E-state index contributed by atoms with van der Waals surface area (Å²) in [4.78, 5) is 26.8. The van der Waals surface area contributed by atoms with Gasteiger partial charge in [-0.05, 0) is 60.2 Å². The fourth-order valence-corrected chi connectivity index (χ4v) is 3.63. The molecule has 1 aliphatic heterocycles. The maximum Gasteiger partial charge on any atom is 0.254 e. The molecule has 2 aromatic carbocycles. The molecule has 5 nitrogen and oxygen atoms in total. The minimum Gasteiger partial charge on any atom is -0.508 e. The van der Waals surface area contributed by atoms with Crippen LogP contribution < -0.4 is 5.32 Å². The van der Waals surface area contributed by atoms with Crippen LogP contribution >= 0.6 is 0 Å². The van der Waals surface area contributed by atoms with Gasteiger partial charge in [0.2, 0.25) is 5.91 Å². The number of hydrogen-bond donors (Lipinski definition) is 2. The number of phenols is 1. The van der Waals surface area contributed by atoms with Gasteiger partial charge >= 0.3 is 0 Å². The van der Waals surface area contributed by atoms with Gasteiger partial charge in [0.25, 0.3) is 5.91 Å². The number of benzene rings is 2. The molecule has 2 N–H and O–H groups in total. The van der Waals surface area contributed by atoms with E-state index in [1.807, 2.05) is 23.1 Å². The lowest BCUT2D eigenvalue weighted by molar-refractivity contribution is -0.117. The van der Waals surface area contributed by atoms with Crippen molar-refractivity contribution in [3.8, 4) is 5.75 Å². The highest BCUT2D eigenvalue weighted by Gasteiger charge is 2.39. The first-order valence-corrected chi connectivity index (χ1v) is 9.70. The van der Waals surface area contributed by atoms with Gasteiger partial charge in [0, 0.05) is 30.3 Å². The van der Waals surface area contributed by atoms with Crippen molar-refractivity contribution in [2.45, 2.75) is 19.8 Å². The minimum atomic E-state index is -0.0307. The van der Waals surface area contributed by atoms with Crippen LogP contribution in [0.4, 0.5) is 5.69 Å². The van der Waals surface area contributed by atoms with E-state index in [9.17, 15) is 14.7 Å². The first kappa shape index (κ1) is 18.3. The zero-order chi connectivity index (χ0) is 19.7. The van der Waals surface area contributed by atoms with Crippen LogP contribution in [0.15, 0.2) is 54.6 Å². The molecule has 0 bridgehead atoms. The molecule has 1 saturated carbocycles. The Morgan fingerprint density at radius 1 is 1.14 bits per heavy atom. The Hall–Kier alpha value is -3.08. The third-order valence-electron chi connectivity index (χ3n) is 5.56. The second-order valence-electron chi connectivity index (χ2n) is 7.67. The monoisotopic (exact) mass is 376 g/mol. The Bertz CT molecular complexity index is 933. The summed E-state index contributed by atoms with van der Waals surface area (Å²) in [5, 5.41) is 12.3. The predicted octanol–water partition coefficient (Wildman–Crippen LogP) is 3.92. The quantitative estimate of drug-likeness (QED) is 0.850. The molecule has 5 heteroatoms. The number of amides is 2. The zero-order valence-corrected chi connectivity index (χ0v) is 15.9. The molecule has 144 valence electrons. The minimum absolute atomic E-state index is 0.0307. The highest BCUT2D eigenvalue weighted by molar-refractivity contribution is 5.98. The standard InChI is InChI=1S/C23H24N2O3/c1-15-13-21(15)22(27)24-19-4-2-3-18(14-19)23(28)25-11-9-17(10-12-25)16-5-7-20(26)8-6-16/h2-9,14-15,21,26H,10-13H2,1H3,(H,24,27)/t15-,21+/m1/s1. The summed E-state index contributed by atoms with van der Waals surface area (Å²) >= 11 is 0. The van der Waals surface area contributed by atoms with Crippen LogP contribution in [0.1, 0.15) is 35.7 Å². The fraction of sp³-hybridized carbons (Fsp3) is 0.304. The highest BCUT2D eigenvalue weighted by Crippen LogP contribution is 2.38. The lowest BCUT2D eigenvalue weighted by Gasteiger charge is -2.27. The number of aromatic hydroxyl groups is 1. The average Bonchev–Trinajstić information content (AvgIpc) is 3.45. The Morgan fingerprint density at radius 2 is 1.89 bits per heavy atom. The normalized spacial score (nSPS) is 21.0. The molecule has 0 unspecified atom stereocenters. The number of phenolic OH excluding ortho intramolecular Hbond substituents is 1. The molecular formula is C23H24N2O3. The SMILES string of the molecule is C[C@@H]1C[C@@H]1C(=O)Nc1cccc(C(=O)N2CC=C(c3ccc(O)cc3)CC2)c1. The van der Waals surface area contributed by atoms with Gasteiger partial charge in [0.1, 0.15) is 5.75 Å². The fourth-order valence-electron chi connectivity index (χ4n) is 3.63. The third-order valence-corrected chi connectivity index (χ3v) is 5.56. The largest absolute Gasteiger partial charge is 0.508 e. The number of carbonyl (C=O) groups excluding carboxylic acids is 2. The van der Waals surface area contributed by atoms with Gasteiger partial charge in [-0.3, -0.25) is 9.59 Å². The van der Waals surface area contributed by atoms with E-state index in [1.54, 1.807) is 30.3 Å². The van der Waals surface area contributed by atoms with Gasteiger partial charge in [0.15, 0.2) is 0 Å². The highest BCUT2D eigenvalue weighted by atomic mass is 16.3. The number of nitrogens with zero attached hydrogens (tertiary/aromatic N) is 1. The summed E-state index contributed by atoms with van der Waals surface area (Å²) in [6.45, 7) is 3.26. The average molecular weight is 376 g/mol. The lowest BCUT2D eigenvalue weighted by atomic mass is 9.99. The number of nitrogens with one attached hydrogen (secondary N) is 1. The molecule has 2 aliphatic rings. The maximum atomic E-state index is 12.9. The number of hydrogen-bond acceptors (Lipinski definition) is 3. The van der Waals surface area contributed by atoms with Crippen molar-refractivity contribution in [3.05, 3.63) is 65.7 Å². The van der Waals surface area contributed by atoms with Crippen LogP contribution in [0, 0.1) is 11.8 Å². The topological polar surface area (TPSA) is 69.6 Å². The van der Waals surface area contributed by atoms with E-state index >= 15 is 0 Å². The molecule has 1 aliphatic carbocycles. The summed E-state index contributed by atoms with van der Waals surface area (Å²) in [6.07, 6.45) is 3.77. The number of rotatable bonds is 4. The molecule has 4 rings (SSSR count). The lowest BCUT2D eigenvalue weighted by Crippen LogP contribution is -2.34. The van der Waals surface area contributed by atoms with Crippen molar-refractivity contribution in [1.29, 1.82) is 0 Å². The van der Waals surface area contributed by atoms with E-state index in [0.717, 1.165) is 18.4 Å². The Labute approximate surface area is 164 Å². The second kappa shape index (κ2) is 7.50. The van der Waals surface area contributed by atoms with Gasteiger partial charge in [-0.2, -0.15) is 0 Å². The van der Waals surface area contributed by atoms with Crippen LogP contribution in [-0.2, 0) is 4.79 Å². The number of anilines is 1. The van der Waals surface area contributed by atoms with Crippen LogP contribution in [0.3, 0.4) is 0 Å². The molecule has 2 aromatic rings. The van der Waals surface area contributed by atoms with E-state index < -0.39 is 0 Å². The Morgan fingerprint density at radius 3 is 2.54 bits per heavy atom. The summed E-state index contributed by atoms with van der Waals surface area (Å²) in [7, 11) is 0. The van der Waals surface area contributed by atoms with Crippen LogP contribution in [0.2, 0.25) is 0 Å². The van der Waals surface area contributed by atoms with E-state index in [1.165, 1.54) is 5.57 Å². The molecule has 1 fully saturated rings. The first-order chi connectivity index (χ1) is 13.5. The van der Waals surface area contributed by atoms with E-state index in [4.69, 9.17) is 0 Å². The maximum absolute atomic E-state index is 12.9. The van der Waals surface area contributed by atoms with E-state index in [2.05, 4.69) is 18.3 Å². The van der Waals surface area contributed by atoms with Crippen LogP contribution in [-0.4, -0.2) is 34.9 Å². The molecule has 0 radical (unpaired) electrons. The summed E-state index contributed by atoms with van der Waals surface area (Å²) < 4.78 is 0. The molecule has 0 spiro atoms. The molecule has 0 aromatic heterocycles. The van der Waals surface area contributed by atoms with Crippen molar-refractivity contribution >= 4 is 23.1 Å². The Balaban J connectivity index is 1.41. The Kier molecular flexibility index (Phi) is 4.90. The number of carbonyl (C=O) groups is 2. The molecular weight excluding hydrogens is 352 g/mol. The van der Waals surface area contributed by atoms with Crippen molar-refractivity contribution in [1.82, 2.24) is 4.90 Å². The summed E-state index contributed by atoms with van der Waals surface area (Å²) in [5.41, 5.74) is 3.52. The zero-order valence-electron chi connectivity index (χ0n) is 15.9.